The molecular formula is C15H21NO6. The normalized spacial score (nSPS) is 13.9. The van der Waals surface area contributed by atoms with E-state index in [1.54, 1.807) is 32.9 Å². The van der Waals surface area contributed by atoms with Crippen molar-refractivity contribution in [3.8, 4) is 0 Å². The van der Waals surface area contributed by atoms with Gasteiger partial charge in [-0.2, -0.15) is 0 Å². The molecule has 0 bridgehead atoms. The minimum atomic E-state index is -1.71. The second kappa shape index (κ2) is 7.24. The number of amides is 1. The SMILES string of the molecule is COC(=O)C(O)C(O)c1cccc(NC(=O)OC(C)(C)C)c1. The minimum Gasteiger partial charge on any atom is -0.467 e. The summed E-state index contributed by atoms with van der Waals surface area (Å²) in [6, 6.07) is 6.10. The number of rotatable bonds is 4. The summed E-state index contributed by atoms with van der Waals surface area (Å²) in [5.41, 5.74) is -0.0169. The van der Waals surface area contributed by atoms with Crippen molar-refractivity contribution in [3.05, 3.63) is 29.8 Å². The quantitative estimate of drug-likeness (QED) is 0.729. The van der Waals surface area contributed by atoms with Crippen LogP contribution in [0.5, 0.6) is 0 Å². The third-order valence-electron chi connectivity index (χ3n) is 2.62. The molecular weight excluding hydrogens is 290 g/mol. The van der Waals surface area contributed by atoms with Gasteiger partial charge >= 0.3 is 12.1 Å². The molecule has 0 aliphatic heterocycles. The maximum atomic E-state index is 11.7. The molecule has 22 heavy (non-hydrogen) atoms. The lowest BCUT2D eigenvalue weighted by Crippen LogP contribution is -2.29. The Kier molecular flexibility index (Phi) is 5.90. The number of methoxy groups -OCH3 is 1. The van der Waals surface area contributed by atoms with Gasteiger partial charge < -0.3 is 19.7 Å². The molecule has 0 aromatic heterocycles. The van der Waals surface area contributed by atoms with E-state index in [-0.39, 0.29) is 5.56 Å². The van der Waals surface area contributed by atoms with Crippen LogP contribution in [0.3, 0.4) is 0 Å². The molecule has 122 valence electrons. The van der Waals surface area contributed by atoms with Crippen molar-refractivity contribution in [1.82, 2.24) is 0 Å². The number of benzene rings is 1. The minimum absolute atomic E-state index is 0.256. The largest absolute Gasteiger partial charge is 0.467 e. The highest BCUT2D eigenvalue weighted by atomic mass is 16.6. The summed E-state index contributed by atoms with van der Waals surface area (Å²) < 4.78 is 9.47. The smallest absolute Gasteiger partial charge is 0.412 e. The summed E-state index contributed by atoms with van der Waals surface area (Å²) in [6.07, 6.45) is -3.82. The predicted molar refractivity (Wildman–Crippen MR) is 79.3 cm³/mol. The zero-order valence-electron chi connectivity index (χ0n) is 13.0. The molecule has 1 rings (SSSR count). The number of carbonyl (C=O) groups excluding carboxylic acids is 2. The Hall–Kier alpha value is -2.12. The van der Waals surface area contributed by atoms with E-state index < -0.39 is 29.9 Å². The average Bonchev–Trinajstić information content (AvgIpc) is 2.43. The monoisotopic (exact) mass is 311 g/mol. The number of esters is 1. The number of ether oxygens (including phenoxy) is 2. The van der Waals surface area contributed by atoms with Gasteiger partial charge in [-0.25, -0.2) is 9.59 Å². The summed E-state index contributed by atoms with van der Waals surface area (Å²) in [7, 11) is 1.11. The van der Waals surface area contributed by atoms with E-state index in [1.165, 1.54) is 12.1 Å². The Morgan fingerprint density at radius 2 is 1.86 bits per heavy atom. The van der Waals surface area contributed by atoms with Crippen LogP contribution >= 0.6 is 0 Å². The van der Waals surface area contributed by atoms with Crippen molar-refractivity contribution >= 4 is 17.7 Å². The highest BCUT2D eigenvalue weighted by Gasteiger charge is 2.26. The van der Waals surface area contributed by atoms with E-state index in [2.05, 4.69) is 10.1 Å². The molecule has 1 aromatic carbocycles. The molecule has 1 amide bonds. The molecule has 0 saturated carbocycles. The molecule has 2 atom stereocenters. The molecule has 3 N–H and O–H groups in total. The molecule has 7 heteroatoms. The topological polar surface area (TPSA) is 105 Å². The Balaban J connectivity index is 2.82. The number of hydrogen-bond donors (Lipinski definition) is 3. The van der Waals surface area contributed by atoms with Gasteiger partial charge in [0.25, 0.3) is 0 Å². The van der Waals surface area contributed by atoms with Crippen LogP contribution < -0.4 is 5.32 Å². The summed E-state index contributed by atoms with van der Waals surface area (Å²) >= 11 is 0. The summed E-state index contributed by atoms with van der Waals surface area (Å²) in [6.45, 7) is 5.21. The first-order chi connectivity index (χ1) is 10.1. The van der Waals surface area contributed by atoms with Crippen molar-refractivity contribution in [3.63, 3.8) is 0 Å². The first-order valence-electron chi connectivity index (χ1n) is 6.68. The molecule has 1 aromatic rings. The van der Waals surface area contributed by atoms with Crippen LogP contribution in [0, 0.1) is 0 Å². The van der Waals surface area contributed by atoms with E-state index >= 15 is 0 Å². The average molecular weight is 311 g/mol. The van der Waals surface area contributed by atoms with Gasteiger partial charge in [-0.05, 0) is 38.5 Å². The van der Waals surface area contributed by atoms with Gasteiger partial charge in [-0.1, -0.05) is 12.1 Å². The number of aliphatic hydroxyl groups excluding tert-OH is 2. The first kappa shape index (κ1) is 17.9. The molecule has 0 radical (unpaired) electrons. The number of hydrogen-bond acceptors (Lipinski definition) is 6. The van der Waals surface area contributed by atoms with Crippen LogP contribution in [0.4, 0.5) is 10.5 Å². The van der Waals surface area contributed by atoms with E-state index in [0.717, 1.165) is 7.11 Å². The lowest BCUT2D eigenvalue weighted by molar-refractivity contribution is -0.156. The van der Waals surface area contributed by atoms with Crippen LogP contribution in [0.1, 0.15) is 32.4 Å². The fourth-order valence-corrected chi connectivity index (χ4v) is 1.65. The standard InChI is InChI=1S/C15H21NO6/c1-15(2,3)22-14(20)16-10-7-5-6-9(8-10)11(17)12(18)13(19)21-4/h5-8,11-12,17-18H,1-4H3,(H,16,20). The van der Waals surface area contributed by atoms with Gasteiger partial charge in [0.15, 0.2) is 6.10 Å². The fraction of sp³-hybridized carbons (Fsp3) is 0.467. The van der Waals surface area contributed by atoms with Crippen molar-refractivity contribution in [2.24, 2.45) is 0 Å². The lowest BCUT2D eigenvalue weighted by Gasteiger charge is -2.20. The Labute approximate surface area is 128 Å². The van der Waals surface area contributed by atoms with Gasteiger partial charge in [0, 0.05) is 5.69 Å². The predicted octanol–water partition coefficient (Wildman–Crippen LogP) is 1.60. The van der Waals surface area contributed by atoms with Crippen molar-refractivity contribution < 1.29 is 29.3 Å². The van der Waals surface area contributed by atoms with Gasteiger partial charge in [0.1, 0.15) is 11.7 Å². The zero-order valence-corrected chi connectivity index (χ0v) is 13.0. The van der Waals surface area contributed by atoms with Crippen LogP contribution in [0.25, 0.3) is 0 Å². The first-order valence-corrected chi connectivity index (χ1v) is 6.68. The summed E-state index contributed by atoms with van der Waals surface area (Å²) in [4.78, 5) is 22.9. The fourth-order valence-electron chi connectivity index (χ4n) is 1.65. The van der Waals surface area contributed by atoms with Crippen LogP contribution in [0.15, 0.2) is 24.3 Å². The highest BCUT2D eigenvalue weighted by molar-refractivity contribution is 5.85. The van der Waals surface area contributed by atoms with E-state index in [9.17, 15) is 19.8 Å². The maximum absolute atomic E-state index is 11.7. The third-order valence-corrected chi connectivity index (χ3v) is 2.62. The maximum Gasteiger partial charge on any atom is 0.412 e. The van der Waals surface area contributed by atoms with E-state index in [4.69, 9.17) is 4.74 Å². The number of nitrogens with one attached hydrogen (secondary N) is 1. The zero-order chi connectivity index (χ0) is 16.9. The molecule has 0 aliphatic rings. The molecule has 0 aliphatic carbocycles. The Morgan fingerprint density at radius 1 is 1.23 bits per heavy atom. The summed E-state index contributed by atoms with van der Waals surface area (Å²) in [5.74, 6) is -0.946. The van der Waals surface area contributed by atoms with Gasteiger partial charge in [-0.15, -0.1) is 0 Å². The molecule has 0 spiro atoms. The molecule has 0 fully saturated rings. The third kappa shape index (κ3) is 5.34. The van der Waals surface area contributed by atoms with Gasteiger partial charge in [-0.3, -0.25) is 5.32 Å². The van der Waals surface area contributed by atoms with Crippen molar-refractivity contribution in [2.75, 3.05) is 12.4 Å². The Bertz CT molecular complexity index is 537. The molecule has 7 nitrogen and oxygen atoms in total. The molecule has 0 heterocycles. The van der Waals surface area contributed by atoms with Crippen LogP contribution in [-0.4, -0.2) is 41.1 Å². The van der Waals surface area contributed by atoms with Gasteiger partial charge in [0.2, 0.25) is 0 Å². The highest BCUT2D eigenvalue weighted by Crippen LogP contribution is 2.21. The number of anilines is 1. The van der Waals surface area contributed by atoms with Gasteiger partial charge in [0.05, 0.1) is 7.11 Å². The Morgan fingerprint density at radius 3 is 2.41 bits per heavy atom. The number of aliphatic hydroxyl groups is 2. The second-order valence-corrected chi connectivity index (χ2v) is 5.67. The van der Waals surface area contributed by atoms with E-state index in [0.29, 0.717) is 5.69 Å². The number of carbonyl (C=O) groups is 2. The van der Waals surface area contributed by atoms with Crippen molar-refractivity contribution in [2.45, 2.75) is 38.6 Å². The molecule has 0 saturated heterocycles. The van der Waals surface area contributed by atoms with Crippen molar-refractivity contribution in [1.29, 1.82) is 0 Å². The molecule has 2 unspecified atom stereocenters. The van der Waals surface area contributed by atoms with Crippen LogP contribution in [-0.2, 0) is 14.3 Å². The van der Waals surface area contributed by atoms with E-state index in [1.807, 2.05) is 0 Å². The summed E-state index contributed by atoms with van der Waals surface area (Å²) in [5, 5.41) is 22.1. The lowest BCUT2D eigenvalue weighted by atomic mass is 10.0. The second-order valence-electron chi connectivity index (χ2n) is 5.67. The van der Waals surface area contributed by atoms with Crippen LogP contribution in [0.2, 0.25) is 0 Å².